The predicted octanol–water partition coefficient (Wildman–Crippen LogP) is -4.71. The summed E-state index contributed by atoms with van der Waals surface area (Å²) >= 11 is 0. The molecule has 0 spiro atoms. The van der Waals surface area contributed by atoms with Gasteiger partial charge in [-0.15, -0.1) is 0 Å². The summed E-state index contributed by atoms with van der Waals surface area (Å²) in [5.41, 5.74) is 26.6. The Labute approximate surface area is 208 Å². The number of aliphatic imine (C=N–C) groups is 1. The Morgan fingerprint density at radius 1 is 0.778 bits per heavy atom. The molecule has 0 aliphatic rings. The van der Waals surface area contributed by atoms with E-state index in [1.54, 1.807) is 0 Å². The molecular weight excluding hydrogens is 478 g/mol. The smallest absolute Gasteiger partial charge is 0.326 e. The molecule has 0 aromatic rings. The van der Waals surface area contributed by atoms with Crippen LogP contribution in [-0.4, -0.2) is 89.6 Å². The zero-order valence-corrected chi connectivity index (χ0v) is 20.2. The van der Waals surface area contributed by atoms with Gasteiger partial charge in [0.15, 0.2) is 5.96 Å². The number of aliphatic carboxylic acids is 1. The van der Waals surface area contributed by atoms with Crippen molar-refractivity contribution in [3.8, 4) is 0 Å². The lowest BCUT2D eigenvalue weighted by molar-refractivity contribution is -0.142. The highest BCUT2D eigenvalue weighted by Crippen LogP contribution is 2.06. The van der Waals surface area contributed by atoms with Crippen LogP contribution in [0.4, 0.5) is 0 Å². The first-order chi connectivity index (χ1) is 16.9. The van der Waals surface area contributed by atoms with E-state index in [4.69, 9.17) is 33.8 Å². The number of amides is 4. The number of carboxylic acid groups (broad SMARTS) is 1. The van der Waals surface area contributed by atoms with Crippen LogP contribution in [0, 0.1) is 0 Å². The van der Waals surface area contributed by atoms with Gasteiger partial charge in [-0.3, -0.25) is 24.2 Å². The molecule has 36 heavy (non-hydrogen) atoms. The van der Waals surface area contributed by atoms with E-state index in [2.05, 4.69) is 20.9 Å². The Bertz CT molecular complexity index is 775. The number of nitrogens with zero attached hydrogens (tertiary/aromatic N) is 1. The van der Waals surface area contributed by atoms with Gasteiger partial charge in [-0.05, 0) is 45.1 Å². The number of aliphatic hydroxyl groups excluding tert-OH is 1. The molecule has 4 amide bonds. The third-order valence-electron chi connectivity index (χ3n) is 4.99. The van der Waals surface area contributed by atoms with Crippen molar-refractivity contribution in [3.63, 3.8) is 0 Å². The highest BCUT2D eigenvalue weighted by atomic mass is 16.4. The monoisotopic (exact) mass is 517 g/mol. The molecule has 0 rings (SSSR count). The van der Waals surface area contributed by atoms with Crippen molar-refractivity contribution in [3.05, 3.63) is 0 Å². The number of nitrogens with two attached hydrogens (primary N) is 5. The number of unbranched alkanes of at least 4 members (excludes halogenated alkanes) is 1. The van der Waals surface area contributed by atoms with E-state index < -0.39 is 60.4 Å². The summed E-state index contributed by atoms with van der Waals surface area (Å²) in [4.78, 5) is 64.3. The van der Waals surface area contributed by atoms with Crippen molar-refractivity contribution in [2.24, 2.45) is 33.7 Å². The predicted molar refractivity (Wildman–Crippen MR) is 130 cm³/mol. The van der Waals surface area contributed by atoms with E-state index in [1.807, 2.05) is 0 Å². The van der Waals surface area contributed by atoms with Gasteiger partial charge in [0.25, 0.3) is 0 Å². The lowest BCUT2D eigenvalue weighted by Crippen LogP contribution is -2.57. The van der Waals surface area contributed by atoms with Crippen LogP contribution in [0.25, 0.3) is 0 Å². The number of hydrogen-bond acceptors (Lipinski definition) is 9. The Morgan fingerprint density at radius 3 is 1.78 bits per heavy atom. The Balaban J connectivity index is 5.60. The average Bonchev–Trinajstić information content (AvgIpc) is 2.81. The van der Waals surface area contributed by atoms with Gasteiger partial charge in [-0.2, -0.15) is 0 Å². The molecule has 206 valence electrons. The van der Waals surface area contributed by atoms with Crippen LogP contribution < -0.4 is 44.6 Å². The van der Waals surface area contributed by atoms with Gasteiger partial charge < -0.3 is 54.8 Å². The number of carboxylic acids is 1. The molecule has 0 saturated carbocycles. The summed E-state index contributed by atoms with van der Waals surface area (Å²) < 4.78 is 0. The van der Waals surface area contributed by atoms with Crippen molar-refractivity contribution in [2.75, 3.05) is 19.7 Å². The fourth-order valence-corrected chi connectivity index (χ4v) is 2.98. The molecule has 0 aromatic heterocycles. The topological polar surface area (TPSA) is 304 Å². The number of hydrogen-bond donors (Lipinski definition) is 10. The fraction of sp³-hybridized carbons (Fsp3) is 0.700. The minimum Gasteiger partial charge on any atom is -0.480 e. The van der Waals surface area contributed by atoms with Crippen LogP contribution in [-0.2, 0) is 24.0 Å². The molecule has 0 aliphatic heterocycles. The molecule has 0 radical (unpaired) electrons. The van der Waals surface area contributed by atoms with Gasteiger partial charge in [0.1, 0.15) is 24.2 Å². The van der Waals surface area contributed by atoms with Crippen LogP contribution in [0.2, 0.25) is 0 Å². The molecule has 15 N–H and O–H groups in total. The molecular formula is C20H39N9O7. The normalized spacial score (nSPS) is 14.0. The van der Waals surface area contributed by atoms with Crippen LogP contribution in [0.15, 0.2) is 4.99 Å². The highest BCUT2D eigenvalue weighted by molar-refractivity contribution is 5.94. The minimum absolute atomic E-state index is 0.0239. The van der Waals surface area contributed by atoms with Crippen molar-refractivity contribution < 1.29 is 34.2 Å². The van der Waals surface area contributed by atoms with E-state index in [1.165, 1.54) is 0 Å². The maximum atomic E-state index is 13.0. The number of aliphatic hydroxyl groups is 1. The second-order valence-electron chi connectivity index (χ2n) is 8.05. The molecule has 16 nitrogen and oxygen atoms in total. The van der Waals surface area contributed by atoms with Crippen LogP contribution in [0.1, 0.15) is 44.9 Å². The second kappa shape index (κ2) is 17.9. The molecule has 0 saturated heterocycles. The summed E-state index contributed by atoms with van der Waals surface area (Å²) in [6, 6.07) is -5.00. The summed E-state index contributed by atoms with van der Waals surface area (Å²) in [6.07, 6.45) is 0.949. The zero-order valence-electron chi connectivity index (χ0n) is 20.2. The van der Waals surface area contributed by atoms with Crippen molar-refractivity contribution >= 4 is 35.6 Å². The van der Waals surface area contributed by atoms with Crippen molar-refractivity contribution in [2.45, 2.75) is 69.1 Å². The van der Waals surface area contributed by atoms with Gasteiger partial charge in [-0.1, -0.05) is 0 Å². The Morgan fingerprint density at radius 2 is 1.31 bits per heavy atom. The molecule has 0 aliphatic carbocycles. The first-order valence-corrected chi connectivity index (χ1v) is 11.5. The van der Waals surface area contributed by atoms with Crippen molar-refractivity contribution in [1.82, 2.24) is 16.0 Å². The first-order valence-electron chi connectivity index (χ1n) is 11.5. The summed E-state index contributed by atoms with van der Waals surface area (Å²) in [5.74, 6) is -4.62. The van der Waals surface area contributed by atoms with Gasteiger partial charge in [0.05, 0.1) is 6.61 Å². The van der Waals surface area contributed by atoms with Crippen LogP contribution >= 0.6 is 0 Å². The zero-order chi connectivity index (χ0) is 27.7. The van der Waals surface area contributed by atoms with Gasteiger partial charge >= 0.3 is 5.97 Å². The van der Waals surface area contributed by atoms with Crippen molar-refractivity contribution in [1.29, 1.82) is 0 Å². The second-order valence-corrected chi connectivity index (χ2v) is 8.05. The standard InChI is InChI=1S/C20H39N9O7/c21-8-2-1-4-12(27-16(32)11(22)10-30)17(33)28-13(5-3-9-26-20(24)25)18(34)29-14(19(35)36)6-7-15(23)31/h11-14,30H,1-10,21-22H2,(H2,23,31)(H,27,32)(H,28,33)(H,29,34)(H,35,36)(H4,24,25,26). The lowest BCUT2D eigenvalue weighted by Gasteiger charge is -2.25. The molecule has 4 unspecified atom stereocenters. The molecule has 16 heteroatoms. The number of carbonyl (C=O) groups is 5. The third-order valence-corrected chi connectivity index (χ3v) is 4.99. The van der Waals surface area contributed by atoms with Gasteiger partial charge in [0, 0.05) is 13.0 Å². The molecule has 4 atom stereocenters. The van der Waals surface area contributed by atoms with E-state index in [9.17, 15) is 29.1 Å². The molecule has 0 heterocycles. The quantitative estimate of drug-likeness (QED) is 0.0440. The molecule has 0 bridgehead atoms. The number of primary amides is 1. The van der Waals surface area contributed by atoms with E-state index in [-0.39, 0.29) is 44.6 Å². The Kier molecular flexibility index (Phi) is 16.1. The summed E-state index contributed by atoms with van der Waals surface area (Å²) in [5, 5.41) is 25.7. The highest BCUT2D eigenvalue weighted by Gasteiger charge is 2.30. The van der Waals surface area contributed by atoms with E-state index >= 15 is 0 Å². The number of guanidine groups is 1. The molecule has 0 aromatic carbocycles. The maximum absolute atomic E-state index is 13.0. The Hall–Kier alpha value is -3.50. The maximum Gasteiger partial charge on any atom is 0.326 e. The van der Waals surface area contributed by atoms with Gasteiger partial charge in [-0.25, -0.2) is 4.79 Å². The largest absolute Gasteiger partial charge is 0.480 e. The fourth-order valence-electron chi connectivity index (χ4n) is 2.98. The van der Waals surface area contributed by atoms with Gasteiger partial charge in [0.2, 0.25) is 23.6 Å². The third kappa shape index (κ3) is 14.0. The minimum atomic E-state index is -1.43. The van der Waals surface area contributed by atoms with Crippen LogP contribution in [0.3, 0.4) is 0 Å². The first kappa shape index (κ1) is 32.5. The summed E-state index contributed by atoms with van der Waals surface area (Å²) in [7, 11) is 0. The molecule has 0 fully saturated rings. The average molecular weight is 518 g/mol. The van der Waals surface area contributed by atoms with E-state index in [0.717, 1.165) is 0 Å². The van der Waals surface area contributed by atoms with Crippen LogP contribution in [0.5, 0.6) is 0 Å². The number of carbonyl (C=O) groups excluding carboxylic acids is 4. The number of rotatable bonds is 19. The SMILES string of the molecule is NCCCCC(NC(=O)C(N)CO)C(=O)NC(CCCN=C(N)N)C(=O)NC(CCC(N)=O)C(=O)O. The van der Waals surface area contributed by atoms with E-state index in [0.29, 0.717) is 19.4 Å². The lowest BCUT2D eigenvalue weighted by atomic mass is 10.0. The summed E-state index contributed by atoms with van der Waals surface area (Å²) in [6.45, 7) is -0.148. The number of nitrogens with one attached hydrogen (secondary N) is 3.